The van der Waals surface area contributed by atoms with Crippen LogP contribution in [0.3, 0.4) is 0 Å². The Kier molecular flexibility index (Phi) is 4.45. The minimum Gasteiger partial charge on any atom is -0.385 e. The Morgan fingerprint density at radius 3 is 2.75 bits per heavy atom. The van der Waals surface area contributed by atoms with E-state index in [0.717, 1.165) is 25.0 Å². The second-order valence-corrected chi connectivity index (χ2v) is 6.00. The van der Waals surface area contributed by atoms with E-state index in [2.05, 4.69) is 5.32 Å². The van der Waals surface area contributed by atoms with Crippen LogP contribution in [0.1, 0.15) is 38.7 Å². The van der Waals surface area contributed by atoms with E-state index < -0.39 is 5.60 Å². The number of hydrogen-bond donors (Lipinski definition) is 2. The van der Waals surface area contributed by atoms with Crippen molar-refractivity contribution in [3.8, 4) is 0 Å². The highest BCUT2D eigenvalue weighted by Gasteiger charge is 2.31. The number of hydrogen-bond acceptors (Lipinski definition) is 3. The van der Waals surface area contributed by atoms with Crippen LogP contribution < -0.4 is 5.32 Å². The highest BCUT2D eigenvalue weighted by atomic mass is 16.5. The first-order chi connectivity index (χ1) is 9.41. The number of rotatable bonds is 5. The Bertz CT molecular complexity index is 450. The molecule has 0 bridgehead atoms. The van der Waals surface area contributed by atoms with Gasteiger partial charge in [0, 0.05) is 13.2 Å². The maximum absolute atomic E-state index is 12.0. The minimum atomic E-state index is -1.15. The zero-order valence-corrected chi connectivity index (χ0v) is 12.2. The molecule has 1 heterocycles. The summed E-state index contributed by atoms with van der Waals surface area (Å²) >= 11 is 0. The average Bonchev–Trinajstić information content (AvgIpc) is 2.85. The molecule has 20 heavy (non-hydrogen) atoms. The van der Waals surface area contributed by atoms with Crippen LogP contribution >= 0.6 is 0 Å². The number of carbonyl (C=O) groups is 1. The third-order valence-electron chi connectivity index (χ3n) is 3.86. The molecule has 1 amide bonds. The molecule has 0 aromatic heterocycles. The van der Waals surface area contributed by atoms with Gasteiger partial charge in [0.2, 0.25) is 5.91 Å². The highest BCUT2D eigenvalue weighted by Crippen LogP contribution is 2.26. The number of amides is 1. The van der Waals surface area contributed by atoms with Crippen molar-refractivity contribution in [2.75, 3.05) is 13.2 Å². The van der Waals surface area contributed by atoms with Crippen LogP contribution in [-0.4, -0.2) is 29.8 Å². The number of nitrogens with one attached hydrogen (secondary N) is 1. The Morgan fingerprint density at radius 2 is 2.15 bits per heavy atom. The predicted octanol–water partition coefficient (Wildman–Crippen LogP) is 1.97. The van der Waals surface area contributed by atoms with Gasteiger partial charge >= 0.3 is 0 Å². The number of carbonyl (C=O) groups excluding carboxylic acids is 1. The van der Waals surface area contributed by atoms with Gasteiger partial charge in [-0.2, -0.15) is 0 Å². The molecular formula is C16H23NO3. The topological polar surface area (TPSA) is 58.6 Å². The third-order valence-corrected chi connectivity index (χ3v) is 3.86. The summed E-state index contributed by atoms with van der Waals surface area (Å²) < 4.78 is 5.63. The molecule has 110 valence electrons. The van der Waals surface area contributed by atoms with Crippen molar-refractivity contribution in [1.29, 1.82) is 0 Å². The zero-order chi connectivity index (χ0) is 14.6. The quantitative estimate of drug-likeness (QED) is 0.865. The minimum absolute atomic E-state index is 0.0487. The average molecular weight is 277 g/mol. The fourth-order valence-corrected chi connectivity index (χ4v) is 2.54. The van der Waals surface area contributed by atoms with Crippen LogP contribution in [0.4, 0.5) is 0 Å². The molecule has 0 aliphatic carbocycles. The van der Waals surface area contributed by atoms with Gasteiger partial charge in [-0.3, -0.25) is 4.79 Å². The lowest BCUT2D eigenvalue weighted by Gasteiger charge is -2.26. The molecular weight excluding hydrogens is 254 g/mol. The largest absolute Gasteiger partial charge is 0.385 e. The van der Waals surface area contributed by atoms with Crippen molar-refractivity contribution in [3.63, 3.8) is 0 Å². The molecule has 1 saturated heterocycles. The highest BCUT2D eigenvalue weighted by molar-refractivity contribution is 5.77. The summed E-state index contributed by atoms with van der Waals surface area (Å²) in [6.45, 7) is 4.93. The predicted molar refractivity (Wildman–Crippen MR) is 77.2 cm³/mol. The van der Waals surface area contributed by atoms with Crippen molar-refractivity contribution in [3.05, 3.63) is 35.9 Å². The van der Waals surface area contributed by atoms with Gasteiger partial charge < -0.3 is 15.2 Å². The molecule has 4 heteroatoms. The van der Waals surface area contributed by atoms with E-state index in [0.29, 0.717) is 6.54 Å². The van der Waals surface area contributed by atoms with Crippen molar-refractivity contribution >= 4 is 5.91 Å². The first-order valence-electron chi connectivity index (χ1n) is 7.10. The van der Waals surface area contributed by atoms with Crippen LogP contribution in [-0.2, 0) is 15.1 Å². The van der Waals surface area contributed by atoms with Gasteiger partial charge in [0.1, 0.15) is 0 Å². The lowest BCUT2D eigenvalue weighted by Crippen LogP contribution is -2.42. The van der Waals surface area contributed by atoms with Gasteiger partial charge in [0.25, 0.3) is 0 Å². The molecule has 1 aliphatic rings. The van der Waals surface area contributed by atoms with Crippen molar-refractivity contribution < 1.29 is 14.6 Å². The lowest BCUT2D eigenvalue weighted by molar-refractivity contribution is -0.127. The van der Waals surface area contributed by atoms with E-state index in [-0.39, 0.29) is 17.9 Å². The lowest BCUT2D eigenvalue weighted by atomic mass is 9.92. The molecule has 1 aromatic rings. The SMILES string of the molecule is CC1(CNC(=O)CC(C)(O)c2ccccc2)CCCO1. The normalized spacial score (nSPS) is 25.1. The second kappa shape index (κ2) is 5.94. The van der Waals surface area contributed by atoms with Gasteiger partial charge in [0.15, 0.2) is 0 Å². The zero-order valence-electron chi connectivity index (χ0n) is 12.2. The first kappa shape index (κ1) is 15.0. The summed E-state index contributed by atoms with van der Waals surface area (Å²) in [5.74, 6) is -0.157. The maximum Gasteiger partial charge on any atom is 0.223 e. The molecule has 0 saturated carbocycles. The smallest absolute Gasteiger partial charge is 0.223 e. The molecule has 2 unspecified atom stereocenters. The van der Waals surface area contributed by atoms with Crippen molar-refractivity contribution in [2.45, 2.75) is 44.3 Å². The molecule has 1 aliphatic heterocycles. The molecule has 0 radical (unpaired) electrons. The van der Waals surface area contributed by atoms with E-state index in [1.807, 2.05) is 37.3 Å². The Hall–Kier alpha value is -1.39. The Labute approximate surface area is 120 Å². The van der Waals surface area contributed by atoms with Crippen LogP contribution in [0.5, 0.6) is 0 Å². The van der Waals surface area contributed by atoms with Gasteiger partial charge in [-0.05, 0) is 32.3 Å². The Morgan fingerprint density at radius 1 is 1.45 bits per heavy atom. The van der Waals surface area contributed by atoms with Crippen LogP contribution in [0.15, 0.2) is 30.3 Å². The third kappa shape index (κ3) is 3.81. The van der Waals surface area contributed by atoms with Gasteiger partial charge in [-0.15, -0.1) is 0 Å². The summed E-state index contributed by atoms with van der Waals surface area (Å²) in [5, 5.41) is 13.3. The van der Waals surface area contributed by atoms with E-state index in [1.54, 1.807) is 6.92 Å². The molecule has 1 fully saturated rings. The molecule has 0 spiro atoms. The van der Waals surface area contributed by atoms with Crippen LogP contribution in [0, 0.1) is 0 Å². The molecule has 2 rings (SSSR count). The molecule has 1 aromatic carbocycles. The summed E-state index contributed by atoms with van der Waals surface area (Å²) in [5.41, 5.74) is -0.657. The van der Waals surface area contributed by atoms with E-state index in [1.165, 1.54) is 0 Å². The molecule has 2 N–H and O–H groups in total. The summed E-state index contributed by atoms with van der Waals surface area (Å²) in [6.07, 6.45) is 2.05. The van der Waals surface area contributed by atoms with Crippen LogP contribution in [0.2, 0.25) is 0 Å². The molecule has 2 atom stereocenters. The van der Waals surface area contributed by atoms with Crippen molar-refractivity contribution in [1.82, 2.24) is 5.32 Å². The fourth-order valence-electron chi connectivity index (χ4n) is 2.54. The number of benzene rings is 1. The standard InChI is InChI=1S/C16H23NO3/c1-15(9-6-10-20-15)12-17-14(18)11-16(2,19)13-7-4-3-5-8-13/h3-5,7-8,19H,6,9-12H2,1-2H3,(H,17,18). The molecule has 4 nitrogen and oxygen atoms in total. The first-order valence-corrected chi connectivity index (χ1v) is 7.10. The maximum atomic E-state index is 12.0. The second-order valence-electron chi connectivity index (χ2n) is 6.00. The van der Waals surface area contributed by atoms with Gasteiger partial charge in [0.05, 0.1) is 17.6 Å². The summed E-state index contributed by atoms with van der Waals surface area (Å²) in [7, 11) is 0. The Balaban J connectivity index is 1.87. The fraction of sp³-hybridized carbons (Fsp3) is 0.562. The van der Waals surface area contributed by atoms with E-state index in [4.69, 9.17) is 4.74 Å². The number of ether oxygens (including phenoxy) is 1. The van der Waals surface area contributed by atoms with E-state index in [9.17, 15) is 9.90 Å². The van der Waals surface area contributed by atoms with Crippen molar-refractivity contribution in [2.24, 2.45) is 0 Å². The van der Waals surface area contributed by atoms with Gasteiger partial charge in [-0.1, -0.05) is 30.3 Å². The summed E-state index contributed by atoms with van der Waals surface area (Å²) in [4.78, 5) is 12.0. The summed E-state index contributed by atoms with van der Waals surface area (Å²) in [6, 6.07) is 9.26. The van der Waals surface area contributed by atoms with E-state index >= 15 is 0 Å². The van der Waals surface area contributed by atoms with Crippen LogP contribution in [0.25, 0.3) is 0 Å². The number of aliphatic hydroxyl groups is 1. The monoisotopic (exact) mass is 277 g/mol. The van der Waals surface area contributed by atoms with Gasteiger partial charge in [-0.25, -0.2) is 0 Å².